The summed E-state index contributed by atoms with van der Waals surface area (Å²) in [6.07, 6.45) is 1.56. The first-order valence-electron chi connectivity index (χ1n) is 10.7. The van der Waals surface area contributed by atoms with Gasteiger partial charge in [0, 0.05) is 50.1 Å². The summed E-state index contributed by atoms with van der Waals surface area (Å²) >= 11 is 0. The number of Topliss-reactive ketones (excluding diaryl/α,β-unsaturated/α-hetero) is 1. The summed E-state index contributed by atoms with van der Waals surface area (Å²) in [4.78, 5) is 27.7. The third-order valence-electron chi connectivity index (χ3n) is 5.60. The predicted octanol–water partition coefficient (Wildman–Crippen LogP) is 3.75. The zero-order valence-electron chi connectivity index (χ0n) is 18.0. The molecule has 0 radical (unpaired) electrons. The molecule has 1 saturated heterocycles. The second-order valence-corrected chi connectivity index (χ2v) is 7.81. The molecule has 7 nitrogen and oxygen atoms in total. The van der Waals surface area contributed by atoms with Gasteiger partial charge >= 0.3 is 0 Å². The fourth-order valence-corrected chi connectivity index (χ4v) is 3.78. The molecule has 0 unspecified atom stereocenters. The van der Waals surface area contributed by atoms with Crippen LogP contribution in [0.15, 0.2) is 52.9 Å². The summed E-state index contributed by atoms with van der Waals surface area (Å²) in [5.41, 5.74) is 1.69. The summed E-state index contributed by atoms with van der Waals surface area (Å²) in [6.45, 7) is 3.58. The van der Waals surface area contributed by atoms with Gasteiger partial charge in [-0.25, -0.2) is 4.39 Å². The molecule has 0 bridgehead atoms. The minimum absolute atomic E-state index is 0.0693. The van der Waals surface area contributed by atoms with Gasteiger partial charge in [0.1, 0.15) is 5.82 Å². The van der Waals surface area contributed by atoms with E-state index in [9.17, 15) is 14.0 Å². The quantitative estimate of drug-likeness (QED) is 0.525. The van der Waals surface area contributed by atoms with Crippen LogP contribution in [0.2, 0.25) is 0 Å². The van der Waals surface area contributed by atoms with E-state index >= 15 is 0 Å². The number of halogens is 1. The number of aromatic nitrogens is 2. The number of benzene rings is 2. The van der Waals surface area contributed by atoms with Gasteiger partial charge in [-0.2, -0.15) is 0 Å². The number of carbonyl (C=O) groups excluding carboxylic acids is 2. The predicted molar refractivity (Wildman–Crippen MR) is 118 cm³/mol. The van der Waals surface area contributed by atoms with Crippen LogP contribution in [0, 0.1) is 5.82 Å². The van der Waals surface area contributed by atoms with Crippen LogP contribution < -0.4 is 4.90 Å². The molecule has 2 heterocycles. The van der Waals surface area contributed by atoms with Gasteiger partial charge in [-0.3, -0.25) is 9.59 Å². The Kier molecular flexibility index (Phi) is 6.58. The van der Waals surface area contributed by atoms with Crippen molar-refractivity contribution < 1.29 is 18.4 Å². The summed E-state index contributed by atoms with van der Waals surface area (Å²) in [6, 6.07) is 14.1. The molecule has 8 heteroatoms. The number of hydrogen-bond acceptors (Lipinski definition) is 6. The lowest BCUT2D eigenvalue weighted by Gasteiger charge is -2.36. The number of carbonyl (C=O) groups is 2. The number of hydrogen-bond donors (Lipinski definition) is 0. The van der Waals surface area contributed by atoms with E-state index in [2.05, 4.69) is 10.2 Å². The van der Waals surface area contributed by atoms with Gasteiger partial charge in [0.2, 0.25) is 17.7 Å². The molecule has 0 spiro atoms. The maximum Gasteiger partial charge on any atom is 0.247 e. The molecule has 0 N–H and O–H groups in total. The standard InChI is InChI=1S/C24H25FN4O3/c1-17(30)19-10-11-21(20(25)16-19)28-12-14-29(15-13-28)23(31)9-5-8-22-26-27-24(32-22)18-6-3-2-4-7-18/h2-4,6-7,10-11,16H,5,8-9,12-15H2,1H3. The lowest BCUT2D eigenvalue weighted by atomic mass is 10.1. The molecule has 1 amide bonds. The van der Waals surface area contributed by atoms with Crippen LogP contribution in [0.25, 0.3) is 11.5 Å². The number of amides is 1. The van der Waals surface area contributed by atoms with Crippen molar-refractivity contribution in [3.63, 3.8) is 0 Å². The van der Waals surface area contributed by atoms with Crippen molar-refractivity contribution in [2.75, 3.05) is 31.1 Å². The molecule has 32 heavy (non-hydrogen) atoms. The van der Waals surface area contributed by atoms with Crippen LogP contribution in [-0.4, -0.2) is 53.0 Å². The van der Waals surface area contributed by atoms with Crippen LogP contribution in [-0.2, 0) is 11.2 Å². The van der Waals surface area contributed by atoms with E-state index < -0.39 is 5.82 Å². The molecule has 1 fully saturated rings. The monoisotopic (exact) mass is 436 g/mol. The lowest BCUT2D eigenvalue weighted by Crippen LogP contribution is -2.49. The van der Waals surface area contributed by atoms with Crippen LogP contribution in [0.4, 0.5) is 10.1 Å². The summed E-state index contributed by atoms with van der Waals surface area (Å²) < 4.78 is 20.1. The third-order valence-corrected chi connectivity index (χ3v) is 5.60. The minimum Gasteiger partial charge on any atom is -0.421 e. The van der Waals surface area contributed by atoms with Crippen LogP contribution >= 0.6 is 0 Å². The highest BCUT2D eigenvalue weighted by atomic mass is 19.1. The Morgan fingerprint density at radius 1 is 1.03 bits per heavy atom. The van der Waals surface area contributed by atoms with E-state index in [4.69, 9.17) is 4.42 Å². The number of nitrogens with zero attached hydrogens (tertiary/aromatic N) is 4. The Labute approximate surface area is 185 Å². The van der Waals surface area contributed by atoms with Crippen molar-refractivity contribution in [2.45, 2.75) is 26.2 Å². The zero-order valence-corrected chi connectivity index (χ0v) is 18.0. The number of rotatable bonds is 7. The molecule has 0 atom stereocenters. The third kappa shape index (κ3) is 5.01. The lowest BCUT2D eigenvalue weighted by molar-refractivity contribution is -0.131. The Morgan fingerprint density at radius 2 is 1.78 bits per heavy atom. The van der Waals surface area contributed by atoms with E-state index in [1.807, 2.05) is 40.1 Å². The fraction of sp³-hybridized carbons (Fsp3) is 0.333. The Balaban J connectivity index is 1.24. The van der Waals surface area contributed by atoms with Crippen LogP contribution in [0.1, 0.15) is 36.0 Å². The van der Waals surface area contributed by atoms with Gasteiger partial charge in [-0.15, -0.1) is 10.2 Å². The highest BCUT2D eigenvalue weighted by molar-refractivity contribution is 5.94. The highest BCUT2D eigenvalue weighted by Crippen LogP contribution is 2.23. The molecule has 0 aliphatic carbocycles. The summed E-state index contributed by atoms with van der Waals surface area (Å²) in [5, 5.41) is 8.13. The van der Waals surface area contributed by atoms with Gasteiger partial charge < -0.3 is 14.2 Å². The van der Waals surface area contributed by atoms with E-state index in [0.29, 0.717) is 68.5 Å². The topological polar surface area (TPSA) is 79.5 Å². The number of piperazine rings is 1. The van der Waals surface area contributed by atoms with Crippen molar-refractivity contribution >= 4 is 17.4 Å². The molecule has 0 saturated carbocycles. The van der Waals surface area contributed by atoms with Gasteiger partial charge in [0.05, 0.1) is 5.69 Å². The first kappa shape index (κ1) is 21.7. The van der Waals surface area contributed by atoms with E-state index in [0.717, 1.165) is 5.56 Å². The van der Waals surface area contributed by atoms with Crippen molar-refractivity contribution in [1.29, 1.82) is 0 Å². The Hall–Kier alpha value is -3.55. The largest absolute Gasteiger partial charge is 0.421 e. The van der Waals surface area contributed by atoms with Gasteiger partial charge in [0.15, 0.2) is 5.78 Å². The molecule has 1 aliphatic rings. The first-order valence-corrected chi connectivity index (χ1v) is 10.7. The normalized spacial score (nSPS) is 13.9. The zero-order chi connectivity index (χ0) is 22.5. The van der Waals surface area contributed by atoms with E-state index in [1.165, 1.54) is 13.0 Å². The Morgan fingerprint density at radius 3 is 2.47 bits per heavy atom. The molecule has 1 aromatic heterocycles. The number of aryl methyl sites for hydroxylation is 1. The molecule has 3 aromatic rings. The maximum absolute atomic E-state index is 14.4. The molecule has 1 aliphatic heterocycles. The second kappa shape index (κ2) is 9.72. The van der Waals surface area contributed by atoms with Crippen molar-refractivity contribution in [3.05, 3.63) is 65.8 Å². The minimum atomic E-state index is -0.410. The molecule has 2 aromatic carbocycles. The molecular weight excluding hydrogens is 411 g/mol. The van der Waals surface area contributed by atoms with Gasteiger partial charge in [-0.05, 0) is 43.7 Å². The summed E-state index contributed by atoms with van der Waals surface area (Å²) in [7, 11) is 0. The van der Waals surface area contributed by atoms with Crippen LogP contribution in [0.5, 0.6) is 0 Å². The average Bonchev–Trinajstić information content (AvgIpc) is 3.28. The Bertz CT molecular complexity index is 1090. The fourth-order valence-electron chi connectivity index (χ4n) is 3.78. The van der Waals surface area contributed by atoms with E-state index in [1.54, 1.807) is 12.1 Å². The van der Waals surface area contributed by atoms with Gasteiger partial charge in [-0.1, -0.05) is 18.2 Å². The second-order valence-electron chi connectivity index (χ2n) is 7.81. The number of ketones is 1. The van der Waals surface area contributed by atoms with Crippen molar-refractivity contribution in [1.82, 2.24) is 15.1 Å². The highest BCUT2D eigenvalue weighted by Gasteiger charge is 2.23. The summed E-state index contributed by atoms with van der Waals surface area (Å²) in [5.74, 6) is 0.493. The first-order chi connectivity index (χ1) is 15.5. The molecule has 166 valence electrons. The van der Waals surface area contributed by atoms with Crippen molar-refractivity contribution in [3.8, 4) is 11.5 Å². The average molecular weight is 436 g/mol. The molecule has 4 rings (SSSR count). The smallest absolute Gasteiger partial charge is 0.247 e. The number of anilines is 1. The van der Waals surface area contributed by atoms with Crippen LogP contribution in [0.3, 0.4) is 0 Å². The SMILES string of the molecule is CC(=O)c1ccc(N2CCN(C(=O)CCCc3nnc(-c4ccccc4)o3)CC2)c(F)c1. The van der Waals surface area contributed by atoms with Gasteiger partial charge in [0.25, 0.3) is 0 Å². The van der Waals surface area contributed by atoms with E-state index in [-0.39, 0.29) is 11.7 Å². The maximum atomic E-state index is 14.4. The van der Waals surface area contributed by atoms with Crippen molar-refractivity contribution in [2.24, 2.45) is 0 Å². The molecular formula is C24H25FN4O3.